The van der Waals surface area contributed by atoms with E-state index in [9.17, 15) is 18.3 Å². The average Bonchev–Trinajstić information content (AvgIpc) is 2.60. The van der Waals surface area contributed by atoms with Gasteiger partial charge >= 0.3 is 0 Å². The molecule has 2 N–H and O–H groups in total. The van der Waals surface area contributed by atoms with E-state index in [0.717, 1.165) is 0 Å². The van der Waals surface area contributed by atoms with Crippen molar-refractivity contribution in [3.8, 4) is 0 Å². The molecule has 0 aliphatic rings. The predicted octanol–water partition coefficient (Wildman–Crippen LogP) is 1.34. The minimum Gasteiger partial charge on any atom is -0.394 e. The number of nitrogens with one attached hydrogen (secondary N) is 1. The Kier molecular flexibility index (Phi) is 5.46. The number of aliphatic hydroxyl groups is 1. The summed E-state index contributed by atoms with van der Waals surface area (Å²) in [6.45, 7) is 1.27. The van der Waals surface area contributed by atoms with Gasteiger partial charge in [-0.05, 0) is 29.8 Å². The van der Waals surface area contributed by atoms with E-state index in [1.807, 2.05) is 0 Å². The fourth-order valence-electron chi connectivity index (χ4n) is 2.04. The second kappa shape index (κ2) is 7.34. The molecule has 0 radical (unpaired) electrons. The quantitative estimate of drug-likeness (QED) is 0.831. The summed E-state index contributed by atoms with van der Waals surface area (Å²) in [5.74, 6) is -0.387. The Balaban J connectivity index is 2.17. The molecular formula is C16H18N2O4S. The van der Waals surface area contributed by atoms with Crippen molar-refractivity contribution in [2.24, 2.45) is 0 Å². The van der Waals surface area contributed by atoms with E-state index >= 15 is 0 Å². The standard InChI is InChI=1S/C16H18N2O4S/c1-2-23(21,22)13-8-6-12(7-9-13)15(11-19)18-16(20)14-5-3-4-10-17-14/h3-10,15,19H,2,11H2,1H3,(H,18,20)/t15-/m0/s1. The number of rotatable bonds is 6. The third kappa shape index (κ3) is 4.14. The summed E-state index contributed by atoms with van der Waals surface area (Å²) in [6.07, 6.45) is 1.51. The van der Waals surface area contributed by atoms with E-state index in [1.54, 1.807) is 37.3 Å². The number of hydrogen-bond acceptors (Lipinski definition) is 5. The largest absolute Gasteiger partial charge is 0.394 e. The van der Waals surface area contributed by atoms with Crippen LogP contribution in [0.3, 0.4) is 0 Å². The lowest BCUT2D eigenvalue weighted by atomic mass is 10.1. The van der Waals surface area contributed by atoms with Crippen LogP contribution in [-0.4, -0.2) is 36.8 Å². The first-order chi connectivity index (χ1) is 11.0. The molecule has 1 aromatic carbocycles. The second-order valence-electron chi connectivity index (χ2n) is 4.90. The van der Waals surface area contributed by atoms with Crippen molar-refractivity contribution in [3.63, 3.8) is 0 Å². The first kappa shape index (κ1) is 17.1. The Morgan fingerprint density at radius 3 is 2.43 bits per heavy atom. The van der Waals surface area contributed by atoms with Gasteiger partial charge in [0, 0.05) is 6.20 Å². The molecule has 0 aliphatic heterocycles. The summed E-state index contributed by atoms with van der Waals surface area (Å²) in [5.41, 5.74) is 0.864. The topological polar surface area (TPSA) is 96.4 Å². The number of amides is 1. The summed E-state index contributed by atoms with van der Waals surface area (Å²) in [5, 5.41) is 12.2. The second-order valence-corrected chi connectivity index (χ2v) is 7.17. The molecule has 0 saturated carbocycles. The molecule has 23 heavy (non-hydrogen) atoms. The Bertz CT molecular complexity index is 758. The van der Waals surface area contributed by atoms with E-state index in [-0.39, 0.29) is 22.9 Å². The molecule has 1 aromatic heterocycles. The van der Waals surface area contributed by atoms with Crippen LogP contribution >= 0.6 is 0 Å². The van der Waals surface area contributed by atoms with Crippen LogP contribution in [0.1, 0.15) is 29.0 Å². The molecule has 122 valence electrons. The van der Waals surface area contributed by atoms with Crippen LogP contribution in [0.4, 0.5) is 0 Å². The Labute approximate surface area is 135 Å². The first-order valence-corrected chi connectivity index (χ1v) is 8.78. The smallest absolute Gasteiger partial charge is 0.270 e. The summed E-state index contributed by atoms with van der Waals surface area (Å²) in [6, 6.07) is 10.5. The van der Waals surface area contributed by atoms with Gasteiger partial charge in [0.15, 0.2) is 9.84 Å². The van der Waals surface area contributed by atoms with Gasteiger partial charge in [-0.15, -0.1) is 0 Å². The molecule has 6 nitrogen and oxygen atoms in total. The summed E-state index contributed by atoms with van der Waals surface area (Å²) >= 11 is 0. The van der Waals surface area contributed by atoms with Gasteiger partial charge in [0.05, 0.1) is 23.3 Å². The Hall–Kier alpha value is -2.25. The van der Waals surface area contributed by atoms with E-state index in [0.29, 0.717) is 5.56 Å². The highest BCUT2D eigenvalue weighted by Gasteiger charge is 2.17. The monoisotopic (exact) mass is 334 g/mol. The molecule has 0 aliphatic carbocycles. The van der Waals surface area contributed by atoms with Gasteiger partial charge < -0.3 is 10.4 Å². The van der Waals surface area contributed by atoms with E-state index in [2.05, 4.69) is 10.3 Å². The van der Waals surface area contributed by atoms with Crippen LogP contribution in [0.5, 0.6) is 0 Å². The summed E-state index contributed by atoms with van der Waals surface area (Å²) < 4.78 is 23.6. The normalized spacial score (nSPS) is 12.6. The van der Waals surface area contributed by atoms with E-state index in [4.69, 9.17) is 0 Å². The highest BCUT2D eigenvalue weighted by molar-refractivity contribution is 7.91. The van der Waals surface area contributed by atoms with Gasteiger partial charge in [-0.25, -0.2) is 8.42 Å². The number of nitrogens with zero attached hydrogens (tertiary/aromatic N) is 1. The molecule has 2 aromatic rings. The predicted molar refractivity (Wildman–Crippen MR) is 85.7 cm³/mol. The number of aliphatic hydroxyl groups excluding tert-OH is 1. The van der Waals surface area contributed by atoms with Gasteiger partial charge in [-0.3, -0.25) is 9.78 Å². The number of sulfone groups is 1. The third-order valence-corrected chi connectivity index (χ3v) is 5.16. The number of carbonyl (C=O) groups is 1. The molecule has 1 heterocycles. The molecule has 1 atom stereocenters. The third-order valence-electron chi connectivity index (χ3n) is 3.41. The van der Waals surface area contributed by atoms with Crippen molar-refractivity contribution < 1.29 is 18.3 Å². The number of carbonyl (C=O) groups excluding carboxylic acids is 1. The van der Waals surface area contributed by atoms with Crippen LogP contribution in [0, 0.1) is 0 Å². The van der Waals surface area contributed by atoms with E-state index in [1.165, 1.54) is 18.3 Å². The van der Waals surface area contributed by atoms with Crippen LogP contribution in [0.25, 0.3) is 0 Å². The van der Waals surface area contributed by atoms with Crippen LogP contribution in [0.2, 0.25) is 0 Å². The Morgan fingerprint density at radius 2 is 1.91 bits per heavy atom. The molecule has 1 amide bonds. The fraction of sp³-hybridized carbons (Fsp3) is 0.250. The summed E-state index contributed by atoms with van der Waals surface area (Å²) in [7, 11) is -3.27. The fourth-order valence-corrected chi connectivity index (χ4v) is 2.92. The van der Waals surface area contributed by atoms with Crippen LogP contribution in [0.15, 0.2) is 53.6 Å². The number of benzene rings is 1. The van der Waals surface area contributed by atoms with Crippen molar-refractivity contribution in [2.45, 2.75) is 17.9 Å². The van der Waals surface area contributed by atoms with Crippen LogP contribution < -0.4 is 5.32 Å². The zero-order chi connectivity index (χ0) is 16.9. The lowest BCUT2D eigenvalue weighted by molar-refractivity contribution is 0.0911. The molecule has 2 rings (SSSR count). The molecule has 0 fully saturated rings. The van der Waals surface area contributed by atoms with Crippen molar-refractivity contribution in [1.82, 2.24) is 10.3 Å². The van der Waals surface area contributed by atoms with Crippen molar-refractivity contribution >= 4 is 15.7 Å². The number of aromatic nitrogens is 1. The van der Waals surface area contributed by atoms with E-state index < -0.39 is 21.8 Å². The Morgan fingerprint density at radius 1 is 1.22 bits per heavy atom. The number of hydrogen-bond donors (Lipinski definition) is 2. The zero-order valence-electron chi connectivity index (χ0n) is 12.6. The molecule has 7 heteroatoms. The molecule has 0 bridgehead atoms. The molecule has 0 saturated heterocycles. The highest BCUT2D eigenvalue weighted by atomic mass is 32.2. The van der Waals surface area contributed by atoms with Gasteiger partial charge in [0.2, 0.25) is 0 Å². The van der Waals surface area contributed by atoms with Crippen LogP contribution in [-0.2, 0) is 9.84 Å². The van der Waals surface area contributed by atoms with Gasteiger partial charge in [0.1, 0.15) is 5.69 Å². The van der Waals surface area contributed by atoms with Gasteiger partial charge in [-0.1, -0.05) is 25.1 Å². The SMILES string of the molecule is CCS(=O)(=O)c1ccc([C@H](CO)NC(=O)c2ccccn2)cc1. The lowest BCUT2D eigenvalue weighted by Crippen LogP contribution is -2.31. The van der Waals surface area contributed by atoms with Crippen molar-refractivity contribution in [1.29, 1.82) is 0 Å². The lowest BCUT2D eigenvalue weighted by Gasteiger charge is -2.17. The molecule has 0 spiro atoms. The average molecular weight is 334 g/mol. The summed E-state index contributed by atoms with van der Waals surface area (Å²) in [4.78, 5) is 16.2. The molecular weight excluding hydrogens is 316 g/mol. The molecule has 0 unspecified atom stereocenters. The van der Waals surface area contributed by atoms with Crippen molar-refractivity contribution in [2.75, 3.05) is 12.4 Å². The maximum atomic E-state index is 12.1. The highest BCUT2D eigenvalue weighted by Crippen LogP contribution is 2.17. The maximum Gasteiger partial charge on any atom is 0.270 e. The minimum atomic E-state index is -3.27. The van der Waals surface area contributed by atoms with Gasteiger partial charge in [-0.2, -0.15) is 0 Å². The van der Waals surface area contributed by atoms with Gasteiger partial charge in [0.25, 0.3) is 5.91 Å². The first-order valence-electron chi connectivity index (χ1n) is 7.13. The van der Waals surface area contributed by atoms with Crippen molar-refractivity contribution in [3.05, 3.63) is 59.9 Å². The number of pyridine rings is 1. The zero-order valence-corrected chi connectivity index (χ0v) is 13.5. The minimum absolute atomic E-state index is 0.0200. The maximum absolute atomic E-state index is 12.1.